The number of nitrogens with zero attached hydrogens (tertiary/aromatic N) is 1. The lowest BCUT2D eigenvalue weighted by molar-refractivity contribution is 0.0894. The molecule has 4 rings (SSSR count). The van der Waals surface area contributed by atoms with Gasteiger partial charge in [0.2, 0.25) is 5.91 Å². The number of halogens is 1. The maximum Gasteiger partial charge on any atom is 0.253 e. The fraction of sp³-hybridized carbons (Fsp3) is 0.174. The molecule has 0 aliphatic heterocycles. The van der Waals surface area contributed by atoms with Gasteiger partial charge in [0, 0.05) is 23.0 Å². The number of aromatic nitrogens is 1. The number of pyridine rings is 1. The number of primary amides is 1. The number of fused-ring (bicyclic) bond motifs is 1. The number of carbonyl (C=O) groups is 2. The van der Waals surface area contributed by atoms with Crippen molar-refractivity contribution in [3.05, 3.63) is 99.8 Å². The highest BCUT2D eigenvalue weighted by atomic mass is 35.5. The quantitative estimate of drug-likeness (QED) is 0.679. The number of benzene rings is 2. The summed E-state index contributed by atoms with van der Waals surface area (Å²) in [5.74, 6) is -0.645. The zero-order valence-corrected chi connectivity index (χ0v) is 16.4. The third-order valence-corrected chi connectivity index (χ3v) is 5.66. The Balaban J connectivity index is 1.72. The normalized spacial score (nSPS) is 17.6. The highest BCUT2D eigenvalue weighted by Crippen LogP contribution is 2.41. The summed E-state index contributed by atoms with van der Waals surface area (Å²) in [4.78, 5) is 28.4. The van der Waals surface area contributed by atoms with Crippen molar-refractivity contribution in [2.24, 2.45) is 5.73 Å². The Hall–Kier alpha value is -3.18. The van der Waals surface area contributed by atoms with Gasteiger partial charge < -0.3 is 11.1 Å². The monoisotopic (exact) mass is 405 g/mol. The van der Waals surface area contributed by atoms with Crippen molar-refractivity contribution in [3.63, 3.8) is 0 Å². The van der Waals surface area contributed by atoms with Gasteiger partial charge in [0.25, 0.3) is 5.91 Å². The molecule has 1 atom stereocenters. The van der Waals surface area contributed by atoms with Gasteiger partial charge in [-0.25, -0.2) is 0 Å². The van der Waals surface area contributed by atoms with Crippen LogP contribution in [0.15, 0.2) is 67.0 Å². The first-order chi connectivity index (χ1) is 14.0. The molecule has 2 amide bonds. The largest absolute Gasteiger partial charge is 0.366 e. The van der Waals surface area contributed by atoms with Crippen LogP contribution in [0.25, 0.3) is 0 Å². The predicted molar refractivity (Wildman–Crippen MR) is 112 cm³/mol. The second-order valence-electron chi connectivity index (χ2n) is 7.32. The molecule has 1 aliphatic carbocycles. The second kappa shape index (κ2) is 7.68. The number of nitrogens with one attached hydrogen (secondary N) is 1. The van der Waals surface area contributed by atoms with Crippen LogP contribution in [-0.2, 0) is 18.4 Å². The highest BCUT2D eigenvalue weighted by Gasteiger charge is 2.40. The van der Waals surface area contributed by atoms with Crippen LogP contribution in [0.2, 0.25) is 5.02 Å². The van der Waals surface area contributed by atoms with Crippen molar-refractivity contribution in [1.82, 2.24) is 10.3 Å². The first-order valence-electron chi connectivity index (χ1n) is 9.37. The lowest BCUT2D eigenvalue weighted by Crippen LogP contribution is -2.46. The van der Waals surface area contributed by atoms with Gasteiger partial charge >= 0.3 is 0 Å². The van der Waals surface area contributed by atoms with E-state index >= 15 is 0 Å². The smallest absolute Gasteiger partial charge is 0.253 e. The molecule has 3 N–H and O–H groups in total. The summed E-state index contributed by atoms with van der Waals surface area (Å²) in [6.07, 6.45) is 5.37. The fourth-order valence-electron chi connectivity index (χ4n) is 3.97. The lowest BCUT2D eigenvalue weighted by atomic mass is 9.84. The number of rotatable bonds is 5. The second-order valence-corrected chi connectivity index (χ2v) is 7.75. The molecule has 1 heterocycles. The van der Waals surface area contributed by atoms with Crippen molar-refractivity contribution in [3.8, 4) is 0 Å². The van der Waals surface area contributed by atoms with E-state index in [1.807, 2.05) is 30.3 Å². The van der Waals surface area contributed by atoms with Crippen molar-refractivity contribution in [2.75, 3.05) is 0 Å². The number of carbonyl (C=O) groups excluding carboxylic acids is 2. The summed E-state index contributed by atoms with van der Waals surface area (Å²) < 4.78 is 0. The molecule has 146 valence electrons. The average Bonchev–Trinajstić information content (AvgIpc) is 3.06. The fourth-order valence-corrected chi connectivity index (χ4v) is 4.15. The Kier molecular flexibility index (Phi) is 5.07. The van der Waals surface area contributed by atoms with Crippen molar-refractivity contribution >= 4 is 23.4 Å². The maximum absolute atomic E-state index is 13.0. The van der Waals surface area contributed by atoms with Crippen LogP contribution in [0, 0.1) is 0 Å². The molecule has 29 heavy (non-hydrogen) atoms. The molecule has 6 heteroatoms. The van der Waals surface area contributed by atoms with Gasteiger partial charge in [0.15, 0.2) is 0 Å². The minimum Gasteiger partial charge on any atom is -0.366 e. The van der Waals surface area contributed by atoms with Gasteiger partial charge in [0.1, 0.15) is 0 Å². The summed E-state index contributed by atoms with van der Waals surface area (Å²) >= 11 is 6.29. The van der Waals surface area contributed by atoms with Gasteiger partial charge in [-0.1, -0.05) is 29.8 Å². The van der Waals surface area contributed by atoms with E-state index in [0.29, 0.717) is 22.6 Å². The zero-order valence-electron chi connectivity index (χ0n) is 15.7. The Morgan fingerprint density at radius 3 is 2.59 bits per heavy atom. The summed E-state index contributed by atoms with van der Waals surface area (Å²) in [6, 6.07) is 16.5. The van der Waals surface area contributed by atoms with Crippen LogP contribution in [0.3, 0.4) is 0 Å². The zero-order chi connectivity index (χ0) is 20.4. The molecule has 0 spiro atoms. The Bertz CT molecular complexity index is 1070. The van der Waals surface area contributed by atoms with Gasteiger partial charge in [-0.3, -0.25) is 14.6 Å². The van der Waals surface area contributed by atoms with Gasteiger partial charge in [-0.2, -0.15) is 0 Å². The Morgan fingerprint density at radius 1 is 1.10 bits per heavy atom. The number of aryl methyl sites for hydroxylation is 1. The van der Waals surface area contributed by atoms with Crippen LogP contribution in [0.1, 0.15) is 43.8 Å². The molecule has 1 aromatic heterocycles. The Labute approximate surface area is 173 Å². The molecule has 0 unspecified atom stereocenters. The molecule has 0 saturated heterocycles. The minimum absolute atomic E-state index is 0.181. The first-order valence-corrected chi connectivity index (χ1v) is 9.75. The molecule has 0 bridgehead atoms. The number of hydrogen-bond acceptors (Lipinski definition) is 3. The predicted octanol–water partition coefficient (Wildman–Crippen LogP) is 3.65. The number of nitrogens with two attached hydrogens (primary N) is 1. The van der Waals surface area contributed by atoms with Crippen LogP contribution in [0.5, 0.6) is 0 Å². The SMILES string of the molecule is NC(=O)c1ccc(C[C@]2(NC(=O)c3cccnc3)CCc3ccc(Cl)cc32)cc1. The van der Waals surface area contributed by atoms with Crippen molar-refractivity contribution in [1.29, 1.82) is 0 Å². The summed E-state index contributed by atoms with van der Waals surface area (Å²) in [5, 5.41) is 3.88. The van der Waals surface area contributed by atoms with E-state index in [4.69, 9.17) is 17.3 Å². The van der Waals surface area contributed by atoms with E-state index in [-0.39, 0.29) is 5.91 Å². The third-order valence-electron chi connectivity index (χ3n) is 5.43. The minimum atomic E-state index is -0.596. The molecule has 1 aliphatic rings. The maximum atomic E-state index is 13.0. The van der Waals surface area contributed by atoms with E-state index in [1.54, 1.807) is 36.7 Å². The summed E-state index contributed by atoms with van der Waals surface area (Å²) in [5.41, 5.74) is 8.91. The van der Waals surface area contributed by atoms with Gasteiger partial charge in [0.05, 0.1) is 11.1 Å². The highest BCUT2D eigenvalue weighted by molar-refractivity contribution is 6.30. The molecule has 0 fully saturated rings. The molecular formula is C23H20ClN3O2. The van der Waals surface area contributed by atoms with Crippen LogP contribution in [-0.4, -0.2) is 16.8 Å². The lowest BCUT2D eigenvalue weighted by Gasteiger charge is -2.32. The summed E-state index contributed by atoms with van der Waals surface area (Å²) in [7, 11) is 0. The van der Waals surface area contributed by atoms with E-state index in [1.165, 1.54) is 5.56 Å². The first kappa shape index (κ1) is 19.2. The molecule has 2 aromatic carbocycles. The van der Waals surface area contributed by atoms with E-state index in [9.17, 15) is 9.59 Å². The van der Waals surface area contributed by atoms with Crippen LogP contribution < -0.4 is 11.1 Å². The van der Waals surface area contributed by atoms with E-state index in [0.717, 1.165) is 24.0 Å². The third kappa shape index (κ3) is 3.87. The number of hydrogen-bond donors (Lipinski definition) is 2. The van der Waals surface area contributed by atoms with Crippen molar-refractivity contribution < 1.29 is 9.59 Å². The molecular weight excluding hydrogens is 386 g/mol. The van der Waals surface area contributed by atoms with E-state index in [2.05, 4.69) is 10.3 Å². The van der Waals surface area contributed by atoms with Crippen LogP contribution in [0.4, 0.5) is 0 Å². The van der Waals surface area contributed by atoms with Gasteiger partial charge in [-0.05, 0) is 72.4 Å². The molecule has 5 nitrogen and oxygen atoms in total. The van der Waals surface area contributed by atoms with Gasteiger partial charge in [-0.15, -0.1) is 0 Å². The molecule has 0 saturated carbocycles. The van der Waals surface area contributed by atoms with Crippen molar-refractivity contribution in [2.45, 2.75) is 24.8 Å². The molecule has 3 aromatic rings. The number of amides is 2. The Morgan fingerprint density at radius 2 is 1.90 bits per heavy atom. The summed E-state index contributed by atoms with van der Waals surface area (Å²) in [6.45, 7) is 0. The van der Waals surface area contributed by atoms with Crippen LogP contribution >= 0.6 is 11.6 Å². The van der Waals surface area contributed by atoms with E-state index < -0.39 is 11.4 Å². The molecule has 0 radical (unpaired) electrons. The topological polar surface area (TPSA) is 85.1 Å². The average molecular weight is 406 g/mol. The standard InChI is InChI=1S/C23H20ClN3O2/c24-19-8-7-16-9-10-23(20(16)12-19,27-22(29)18-2-1-11-26-14-18)13-15-3-5-17(6-4-15)21(25)28/h1-8,11-12,14H,9-10,13H2,(H2,25,28)(H,27,29)/t23-/m1/s1.